The highest BCUT2D eigenvalue weighted by atomic mass is 32.1. The van der Waals surface area contributed by atoms with Crippen LogP contribution in [0.4, 0.5) is 0 Å². The van der Waals surface area contributed by atoms with Crippen LogP contribution < -0.4 is 0 Å². The van der Waals surface area contributed by atoms with Crippen molar-refractivity contribution in [3.8, 4) is 56.7 Å². The fourth-order valence-corrected chi connectivity index (χ4v) is 10.5. The lowest BCUT2D eigenvalue weighted by Crippen LogP contribution is -1.96. The van der Waals surface area contributed by atoms with Crippen LogP contribution in [-0.4, -0.2) is 29.1 Å². The van der Waals surface area contributed by atoms with E-state index < -0.39 is 0 Å². The molecule has 13 aromatic rings. The van der Waals surface area contributed by atoms with E-state index in [9.17, 15) is 0 Å². The highest BCUT2D eigenvalue weighted by Gasteiger charge is 2.23. The van der Waals surface area contributed by atoms with Crippen molar-refractivity contribution in [1.29, 1.82) is 0 Å². The molecule has 0 aliphatic rings. The number of thiophene rings is 1. The summed E-state index contributed by atoms with van der Waals surface area (Å²) in [6, 6.07) is 72.4. The van der Waals surface area contributed by atoms with Gasteiger partial charge in [-0.15, -0.1) is 11.3 Å². The molecule has 0 unspecified atom stereocenters. The molecule has 5 aromatic heterocycles. The average molecular weight is 823 g/mol. The molecular formula is C56H34N6S. The minimum Gasteiger partial charge on any atom is -0.309 e. The van der Waals surface area contributed by atoms with E-state index in [2.05, 4.69) is 203 Å². The van der Waals surface area contributed by atoms with Gasteiger partial charge in [0.15, 0.2) is 11.6 Å². The van der Waals surface area contributed by atoms with Gasteiger partial charge in [-0.2, -0.15) is 0 Å². The van der Waals surface area contributed by atoms with E-state index in [1.165, 1.54) is 10.8 Å². The molecular weight excluding hydrogens is 789 g/mol. The second kappa shape index (κ2) is 14.2. The zero-order valence-electron chi connectivity index (χ0n) is 33.7. The van der Waals surface area contributed by atoms with Crippen LogP contribution in [0.5, 0.6) is 0 Å². The van der Waals surface area contributed by atoms with Crippen molar-refractivity contribution >= 4 is 75.4 Å². The smallest absolute Gasteiger partial charge is 0.160 e. The third kappa shape index (κ3) is 5.64. The lowest BCUT2D eigenvalue weighted by molar-refractivity contribution is 1.18. The molecule has 5 heterocycles. The Balaban J connectivity index is 1.07. The van der Waals surface area contributed by atoms with Gasteiger partial charge in [0.1, 0.15) is 11.0 Å². The van der Waals surface area contributed by atoms with E-state index in [1.807, 2.05) is 12.1 Å². The van der Waals surface area contributed by atoms with E-state index in [4.69, 9.17) is 19.9 Å². The van der Waals surface area contributed by atoms with Crippen LogP contribution in [0.1, 0.15) is 0 Å². The Bertz CT molecular complexity index is 3640. The van der Waals surface area contributed by atoms with Crippen molar-refractivity contribution in [1.82, 2.24) is 29.1 Å². The van der Waals surface area contributed by atoms with Crippen molar-refractivity contribution in [2.45, 2.75) is 0 Å². The molecule has 0 bridgehead atoms. The Morgan fingerprint density at radius 2 is 0.667 bits per heavy atom. The van der Waals surface area contributed by atoms with Gasteiger partial charge in [-0.3, -0.25) is 0 Å². The molecule has 0 aliphatic heterocycles. The van der Waals surface area contributed by atoms with Crippen LogP contribution in [0, 0.1) is 0 Å². The summed E-state index contributed by atoms with van der Waals surface area (Å²) in [6.45, 7) is 0. The molecule has 0 N–H and O–H groups in total. The predicted octanol–water partition coefficient (Wildman–Crippen LogP) is 14.5. The van der Waals surface area contributed by atoms with Crippen LogP contribution in [0.3, 0.4) is 0 Å². The van der Waals surface area contributed by atoms with Gasteiger partial charge < -0.3 is 9.13 Å². The Morgan fingerprint density at radius 3 is 1.10 bits per heavy atom. The number of aromatic nitrogens is 6. The molecule has 0 saturated carbocycles. The van der Waals surface area contributed by atoms with Crippen molar-refractivity contribution in [2.24, 2.45) is 0 Å². The summed E-state index contributed by atoms with van der Waals surface area (Å²) >= 11 is 1.67. The maximum Gasteiger partial charge on any atom is 0.160 e. The van der Waals surface area contributed by atoms with Crippen LogP contribution in [0.15, 0.2) is 206 Å². The Hall–Kier alpha value is -8.26. The van der Waals surface area contributed by atoms with Crippen molar-refractivity contribution in [3.63, 3.8) is 0 Å². The predicted molar refractivity (Wildman–Crippen MR) is 261 cm³/mol. The number of para-hydroxylation sites is 4. The standard InChI is InChI=1S/C56H34N6S/c1-5-17-35(18-6-1)49-53-51(59-55(57-49)37-29-31-47-43(33-37)41-25-13-15-27-45(41)61(47)39-21-9-3-10-22-39)52-54(63-53)50(36-19-7-2-8-20-36)58-56(60-52)38-30-32-48-44(34-38)42-26-14-16-28-46(42)62(48)40-23-11-4-12-24-40/h1-34H. The van der Waals surface area contributed by atoms with Gasteiger partial charge in [-0.1, -0.05) is 133 Å². The molecule has 0 amide bonds. The summed E-state index contributed by atoms with van der Waals surface area (Å²) in [7, 11) is 0. The number of hydrogen-bond acceptors (Lipinski definition) is 5. The summed E-state index contributed by atoms with van der Waals surface area (Å²) in [4.78, 5) is 21.7. The minimum absolute atomic E-state index is 0.649. The zero-order chi connectivity index (χ0) is 41.4. The van der Waals surface area contributed by atoms with E-state index in [0.717, 1.165) is 98.3 Å². The molecule has 0 fully saturated rings. The SMILES string of the molecule is c1ccc(-c2nc(-c3ccc4c(c3)c3ccccc3n4-c3ccccc3)nc3c2sc2c(-c4ccccc4)nc(-c4ccc5c(c4)c4ccccc4n5-c4ccccc4)nc23)cc1. The van der Waals surface area contributed by atoms with Gasteiger partial charge in [-0.25, -0.2) is 19.9 Å². The van der Waals surface area contributed by atoms with Gasteiger partial charge in [0.2, 0.25) is 0 Å². The molecule has 0 atom stereocenters. The van der Waals surface area contributed by atoms with Crippen molar-refractivity contribution < 1.29 is 0 Å². The number of fused-ring (bicyclic) bond motifs is 9. The number of rotatable bonds is 6. The van der Waals surface area contributed by atoms with Gasteiger partial charge in [0.05, 0.1) is 42.9 Å². The van der Waals surface area contributed by atoms with Crippen LogP contribution in [0.2, 0.25) is 0 Å². The first-order chi connectivity index (χ1) is 31.2. The first-order valence-corrected chi connectivity index (χ1v) is 21.9. The third-order valence-corrected chi connectivity index (χ3v) is 13.3. The molecule has 0 radical (unpaired) electrons. The topological polar surface area (TPSA) is 61.4 Å². The van der Waals surface area contributed by atoms with Crippen LogP contribution in [-0.2, 0) is 0 Å². The highest BCUT2D eigenvalue weighted by molar-refractivity contribution is 7.26. The van der Waals surface area contributed by atoms with E-state index in [1.54, 1.807) is 11.3 Å². The maximum absolute atomic E-state index is 5.47. The van der Waals surface area contributed by atoms with Crippen LogP contribution in [0.25, 0.3) is 121 Å². The van der Waals surface area contributed by atoms with Gasteiger partial charge in [0, 0.05) is 55.2 Å². The molecule has 13 rings (SSSR count). The molecule has 8 aromatic carbocycles. The molecule has 6 nitrogen and oxygen atoms in total. The third-order valence-electron chi connectivity index (χ3n) is 12.1. The fourth-order valence-electron chi connectivity index (χ4n) is 9.29. The van der Waals surface area contributed by atoms with E-state index >= 15 is 0 Å². The lowest BCUT2D eigenvalue weighted by atomic mass is 10.1. The zero-order valence-corrected chi connectivity index (χ0v) is 34.5. The second-order valence-electron chi connectivity index (χ2n) is 15.8. The van der Waals surface area contributed by atoms with Gasteiger partial charge in [0.25, 0.3) is 0 Å². The Labute approximate surface area is 365 Å². The maximum atomic E-state index is 5.47. The summed E-state index contributed by atoms with van der Waals surface area (Å²) in [5.74, 6) is 1.30. The Kier molecular flexibility index (Phi) is 7.98. The normalized spacial score (nSPS) is 11.8. The number of nitrogens with zero attached hydrogens (tertiary/aromatic N) is 6. The van der Waals surface area contributed by atoms with E-state index in [0.29, 0.717) is 11.6 Å². The first-order valence-electron chi connectivity index (χ1n) is 21.1. The van der Waals surface area contributed by atoms with Crippen molar-refractivity contribution in [2.75, 3.05) is 0 Å². The second-order valence-corrected chi connectivity index (χ2v) is 16.8. The monoisotopic (exact) mass is 822 g/mol. The fraction of sp³-hybridized carbons (Fsp3) is 0. The first kappa shape index (κ1) is 35.5. The molecule has 0 saturated heterocycles. The molecule has 7 heteroatoms. The number of hydrogen-bond donors (Lipinski definition) is 0. The lowest BCUT2D eigenvalue weighted by Gasteiger charge is -2.09. The van der Waals surface area contributed by atoms with Crippen LogP contribution >= 0.6 is 11.3 Å². The highest BCUT2D eigenvalue weighted by Crippen LogP contribution is 2.44. The van der Waals surface area contributed by atoms with E-state index in [-0.39, 0.29) is 0 Å². The molecule has 0 aliphatic carbocycles. The van der Waals surface area contributed by atoms with Crippen molar-refractivity contribution in [3.05, 3.63) is 206 Å². The molecule has 0 spiro atoms. The average Bonchev–Trinajstić information content (AvgIpc) is 4.02. The summed E-state index contributed by atoms with van der Waals surface area (Å²) in [6.07, 6.45) is 0. The quantitative estimate of drug-likeness (QED) is 0.168. The minimum atomic E-state index is 0.649. The largest absolute Gasteiger partial charge is 0.309 e. The molecule has 294 valence electrons. The summed E-state index contributed by atoms with van der Waals surface area (Å²) < 4.78 is 6.62. The Morgan fingerprint density at radius 1 is 0.302 bits per heavy atom. The van der Waals surface area contributed by atoms with Gasteiger partial charge >= 0.3 is 0 Å². The van der Waals surface area contributed by atoms with Gasteiger partial charge in [-0.05, 0) is 72.8 Å². The summed E-state index contributed by atoms with van der Waals surface area (Å²) in [5, 5.41) is 4.65. The number of benzene rings is 8. The molecule has 63 heavy (non-hydrogen) atoms. The summed E-state index contributed by atoms with van der Waals surface area (Å²) in [5.41, 5.74) is 14.1.